The quantitative estimate of drug-likeness (QED) is 0.161. The summed E-state index contributed by atoms with van der Waals surface area (Å²) >= 11 is 0. The van der Waals surface area contributed by atoms with E-state index in [9.17, 15) is 34.8 Å². The Morgan fingerprint density at radius 1 is 0.696 bits per heavy atom. The summed E-state index contributed by atoms with van der Waals surface area (Å²) in [6.07, 6.45) is -8.91. The second-order valence-electron chi connectivity index (χ2n) is 10.1. The molecule has 0 atom stereocenters. The summed E-state index contributed by atoms with van der Waals surface area (Å²) in [6.45, 7) is 0. The normalized spacial score (nSPS) is 12.4. The summed E-state index contributed by atoms with van der Waals surface area (Å²) in [5.41, 5.74) is -1.46. The molecule has 0 fully saturated rings. The molecule has 46 heavy (non-hydrogen) atoms. The van der Waals surface area contributed by atoms with Crippen LogP contribution in [0.1, 0.15) is 17.0 Å². The molecule has 7 nitrogen and oxygen atoms in total. The van der Waals surface area contributed by atoms with E-state index in [1.54, 1.807) is 0 Å². The third-order valence-electron chi connectivity index (χ3n) is 6.91. The average molecular weight is 655 g/mol. The lowest BCUT2D eigenvalue weighted by molar-refractivity contribution is -0.143. The van der Waals surface area contributed by atoms with E-state index in [2.05, 4.69) is 15.3 Å². The van der Waals surface area contributed by atoms with Crippen LogP contribution in [-0.4, -0.2) is 28.4 Å². The Balaban J connectivity index is 1.27. The number of nitrogens with zero attached hydrogens (tertiary/aromatic N) is 4. The number of hydrogen-bond donors (Lipinski definition) is 0. The minimum absolute atomic E-state index is 0.0241. The second kappa shape index (κ2) is 11.6. The predicted molar refractivity (Wildman–Crippen MR) is 155 cm³/mol. The van der Waals surface area contributed by atoms with Crippen molar-refractivity contribution in [1.29, 1.82) is 0 Å². The molecular weight excluding hydrogens is 634 g/mol. The Bertz CT molecular complexity index is 2020. The van der Waals surface area contributed by atoms with Crippen LogP contribution in [0.3, 0.4) is 0 Å². The van der Waals surface area contributed by atoms with Crippen LogP contribution in [0, 0.1) is 0 Å². The molecule has 0 amide bonds. The van der Waals surface area contributed by atoms with Gasteiger partial charge in [0.15, 0.2) is 15.6 Å². The molecule has 0 bridgehead atoms. The number of halogens is 6. The van der Waals surface area contributed by atoms with Crippen LogP contribution < -0.4 is 0 Å². The van der Waals surface area contributed by atoms with Crippen LogP contribution in [0.15, 0.2) is 119 Å². The third-order valence-corrected chi connectivity index (χ3v) is 8.52. The summed E-state index contributed by atoms with van der Waals surface area (Å²) < 4.78 is 114. The number of benzene rings is 4. The van der Waals surface area contributed by atoms with Crippen molar-refractivity contribution in [3.8, 4) is 39.5 Å². The van der Waals surface area contributed by atoms with E-state index in [4.69, 9.17) is 4.42 Å². The first-order chi connectivity index (χ1) is 21.8. The van der Waals surface area contributed by atoms with Gasteiger partial charge < -0.3 is 4.42 Å². The fourth-order valence-corrected chi connectivity index (χ4v) is 5.85. The highest BCUT2D eigenvalue weighted by atomic mass is 32.2. The minimum Gasteiger partial charge on any atom is -0.439 e. The minimum atomic E-state index is -5.02. The molecule has 0 N–H and O–H groups in total. The van der Waals surface area contributed by atoms with E-state index in [-0.39, 0.29) is 28.2 Å². The molecule has 14 heteroatoms. The number of hydrogen-bond acceptors (Lipinski definition) is 6. The SMILES string of the molecule is O=S(=O)(Cc1nc(-c2ccccc2)c(-c2ccccc2)o1)c1ccc(-n2cc(-c3cc(C(F)(F)F)cc(C(F)(F)F)c3)nn2)cc1. The summed E-state index contributed by atoms with van der Waals surface area (Å²) in [6, 6.07) is 24.7. The molecule has 0 saturated carbocycles. The molecule has 0 aliphatic rings. The van der Waals surface area contributed by atoms with Gasteiger partial charge in [0.1, 0.15) is 17.1 Å². The largest absolute Gasteiger partial charge is 0.439 e. The smallest absolute Gasteiger partial charge is 0.416 e. The lowest BCUT2D eigenvalue weighted by Crippen LogP contribution is -2.11. The maximum absolute atomic E-state index is 13.3. The highest BCUT2D eigenvalue weighted by Gasteiger charge is 2.37. The molecule has 234 valence electrons. The molecular formula is C32H20F6N4O3S. The highest BCUT2D eigenvalue weighted by Crippen LogP contribution is 2.38. The Morgan fingerprint density at radius 2 is 1.26 bits per heavy atom. The Hall–Kier alpha value is -5.24. The van der Waals surface area contributed by atoms with Gasteiger partial charge in [-0.05, 0) is 42.5 Å². The lowest BCUT2D eigenvalue weighted by Gasteiger charge is -2.13. The van der Waals surface area contributed by atoms with E-state index in [1.165, 1.54) is 24.3 Å². The zero-order chi connectivity index (χ0) is 32.7. The van der Waals surface area contributed by atoms with Crippen LogP contribution in [0.2, 0.25) is 0 Å². The zero-order valence-corrected chi connectivity index (χ0v) is 24.1. The van der Waals surface area contributed by atoms with Crippen molar-refractivity contribution in [3.63, 3.8) is 0 Å². The van der Waals surface area contributed by atoms with Crippen molar-refractivity contribution in [1.82, 2.24) is 20.0 Å². The van der Waals surface area contributed by atoms with Crippen LogP contribution in [-0.2, 0) is 27.9 Å². The first-order valence-electron chi connectivity index (χ1n) is 13.4. The fraction of sp³-hybridized carbons (Fsp3) is 0.0938. The third kappa shape index (κ3) is 6.42. The molecule has 0 aliphatic carbocycles. The first kappa shape index (κ1) is 30.8. The van der Waals surface area contributed by atoms with Crippen LogP contribution >= 0.6 is 0 Å². The molecule has 4 aromatic carbocycles. The molecule has 0 saturated heterocycles. The van der Waals surface area contributed by atoms with Gasteiger partial charge in [0.05, 0.1) is 27.9 Å². The zero-order valence-electron chi connectivity index (χ0n) is 23.3. The number of rotatable bonds is 7. The van der Waals surface area contributed by atoms with E-state index in [1.807, 2.05) is 60.7 Å². The number of sulfone groups is 1. The van der Waals surface area contributed by atoms with Gasteiger partial charge in [-0.15, -0.1) is 5.10 Å². The second-order valence-corrected chi connectivity index (χ2v) is 12.1. The van der Waals surface area contributed by atoms with E-state index in [0.29, 0.717) is 29.2 Å². The molecule has 2 aromatic heterocycles. The van der Waals surface area contributed by atoms with Gasteiger partial charge in [-0.3, -0.25) is 0 Å². The van der Waals surface area contributed by atoms with Gasteiger partial charge in [0, 0.05) is 16.7 Å². The molecule has 0 radical (unpaired) electrons. The van der Waals surface area contributed by atoms with Crippen molar-refractivity contribution < 1.29 is 39.2 Å². The highest BCUT2D eigenvalue weighted by molar-refractivity contribution is 7.90. The van der Waals surface area contributed by atoms with E-state index in [0.717, 1.165) is 16.4 Å². The van der Waals surface area contributed by atoms with E-state index >= 15 is 0 Å². The number of aromatic nitrogens is 4. The van der Waals surface area contributed by atoms with Crippen molar-refractivity contribution in [2.24, 2.45) is 0 Å². The molecule has 6 aromatic rings. The number of oxazole rings is 1. The lowest BCUT2D eigenvalue weighted by atomic mass is 10.0. The van der Waals surface area contributed by atoms with Gasteiger partial charge in [-0.2, -0.15) is 26.3 Å². The van der Waals surface area contributed by atoms with Gasteiger partial charge in [0.2, 0.25) is 5.89 Å². The van der Waals surface area contributed by atoms with Crippen molar-refractivity contribution in [2.75, 3.05) is 0 Å². The summed E-state index contributed by atoms with van der Waals surface area (Å²) in [5.74, 6) is -0.164. The first-order valence-corrected chi connectivity index (χ1v) is 15.1. The van der Waals surface area contributed by atoms with Gasteiger partial charge >= 0.3 is 12.4 Å². The summed E-state index contributed by atoms with van der Waals surface area (Å²) in [5, 5.41) is 7.54. The maximum atomic E-state index is 13.3. The molecule has 6 rings (SSSR count). The van der Waals surface area contributed by atoms with Crippen molar-refractivity contribution in [2.45, 2.75) is 23.0 Å². The van der Waals surface area contributed by atoms with Gasteiger partial charge in [-0.1, -0.05) is 65.9 Å². The standard InChI is InChI=1S/C32H20F6N4O3S/c33-31(34,35)23-15-22(16-24(17-23)32(36,37)38)27-18-42(41-40-27)25-11-13-26(14-12-25)46(43,44)19-28-39-29(20-7-3-1-4-8-20)30(45-28)21-9-5-2-6-10-21/h1-18H,19H2. The molecule has 0 spiro atoms. The predicted octanol–water partition coefficient (Wildman–Crippen LogP) is 8.27. The molecule has 0 unspecified atom stereocenters. The fourth-order valence-electron chi connectivity index (χ4n) is 4.68. The van der Waals surface area contributed by atoms with E-state index < -0.39 is 44.6 Å². The number of alkyl halides is 6. The van der Waals surface area contributed by atoms with Crippen LogP contribution in [0.5, 0.6) is 0 Å². The van der Waals surface area contributed by atoms with Crippen molar-refractivity contribution in [3.05, 3.63) is 126 Å². The van der Waals surface area contributed by atoms with Crippen molar-refractivity contribution >= 4 is 9.84 Å². The topological polar surface area (TPSA) is 90.9 Å². The Labute approximate surface area is 257 Å². The maximum Gasteiger partial charge on any atom is 0.416 e. The van der Waals surface area contributed by atoms with Crippen LogP contribution in [0.4, 0.5) is 26.3 Å². The Morgan fingerprint density at radius 3 is 1.83 bits per heavy atom. The Kier molecular flexibility index (Phi) is 7.76. The van der Waals surface area contributed by atoms with Gasteiger partial charge in [0.25, 0.3) is 0 Å². The summed E-state index contributed by atoms with van der Waals surface area (Å²) in [7, 11) is -3.97. The summed E-state index contributed by atoms with van der Waals surface area (Å²) in [4.78, 5) is 4.42. The van der Waals surface area contributed by atoms with Crippen LogP contribution in [0.25, 0.3) is 39.5 Å². The van der Waals surface area contributed by atoms with Gasteiger partial charge in [-0.25, -0.2) is 18.1 Å². The monoisotopic (exact) mass is 654 g/mol. The average Bonchev–Trinajstić information content (AvgIpc) is 3.69. The molecule has 0 aliphatic heterocycles. The molecule has 2 heterocycles.